The van der Waals surface area contributed by atoms with Crippen LogP contribution in [0.25, 0.3) is 0 Å². The molecule has 0 bridgehead atoms. The summed E-state index contributed by atoms with van der Waals surface area (Å²) in [6.45, 7) is 4.04. The molecule has 0 saturated carbocycles. The number of anilines is 1. The summed E-state index contributed by atoms with van der Waals surface area (Å²) in [5.74, 6) is 1.73. The van der Waals surface area contributed by atoms with Crippen molar-refractivity contribution in [2.75, 3.05) is 38.3 Å². The van der Waals surface area contributed by atoms with Gasteiger partial charge in [0.2, 0.25) is 11.8 Å². The molecule has 4 rings (SSSR count). The second kappa shape index (κ2) is 9.56. The molecule has 1 aromatic carbocycles. The van der Waals surface area contributed by atoms with Crippen molar-refractivity contribution in [3.05, 3.63) is 53.0 Å². The lowest BCUT2D eigenvalue weighted by Gasteiger charge is -2.30. The fourth-order valence-electron chi connectivity index (χ4n) is 4.51. The molecular formula is C24H30N4O3. The fourth-order valence-corrected chi connectivity index (χ4v) is 4.51. The maximum Gasteiger partial charge on any atom is 0.248 e. The highest BCUT2D eigenvalue weighted by Gasteiger charge is 2.32. The summed E-state index contributed by atoms with van der Waals surface area (Å²) in [7, 11) is 1.53. The van der Waals surface area contributed by atoms with Crippen molar-refractivity contribution < 1.29 is 14.3 Å². The van der Waals surface area contributed by atoms with Crippen molar-refractivity contribution in [1.82, 2.24) is 14.9 Å². The Morgan fingerprint density at radius 2 is 2.00 bits per heavy atom. The van der Waals surface area contributed by atoms with E-state index in [1.807, 2.05) is 34.9 Å². The highest BCUT2D eigenvalue weighted by Crippen LogP contribution is 2.32. The van der Waals surface area contributed by atoms with E-state index in [2.05, 4.69) is 12.1 Å². The van der Waals surface area contributed by atoms with Gasteiger partial charge in [-0.15, -0.1) is 0 Å². The van der Waals surface area contributed by atoms with Crippen molar-refractivity contribution in [3.8, 4) is 0 Å². The average Bonchev–Trinajstić information content (AvgIpc) is 3.27. The van der Waals surface area contributed by atoms with E-state index in [9.17, 15) is 9.59 Å². The zero-order valence-electron chi connectivity index (χ0n) is 18.3. The molecule has 2 aliphatic rings. The molecule has 31 heavy (non-hydrogen) atoms. The summed E-state index contributed by atoms with van der Waals surface area (Å²) in [6.07, 6.45) is 3.84. The molecule has 2 aliphatic heterocycles. The summed E-state index contributed by atoms with van der Waals surface area (Å²) < 4.78 is 4.98. The summed E-state index contributed by atoms with van der Waals surface area (Å²) in [5, 5.41) is 0. The minimum absolute atomic E-state index is 0.00241. The van der Waals surface area contributed by atoms with E-state index < -0.39 is 0 Å². The third-order valence-corrected chi connectivity index (χ3v) is 6.22. The number of carbonyl (C=O) groups excluding carboxylic acids is 2. The van der Waals surface area contributed by atoms with Crippen LogP contribution in [0.5, 0.6) is 0 Å². The van der Waals surface area contributed by atoms with Gasteiger partial charge in [0.05, 0.1) is 0 Å². The predicted octanol–water partition coefficient (Wildman–Crippen LogP) is 2.66. The second-order valence-corrected chi connectivity index (χ2v) is 8.36. The lowest BCUT2D eigenvalue weighted by molar-refractivity contribution is -0.134. The molecule has 164 valence electrons. The summed E-state index contributed by atoms with van der Waals surface area (Å²) >= 11 is 0. The van der Waals surface area contributed by atoms with Crippen LogP contribution in [0, 0.1) is 6.92 Å². The Morgan fingerprint density at radius 1 is 1.19 bits per heavy atom. The molecule has 2 amide bonds. The summed E-state index contributed by atoms with van der Waals surface area (Å²) in [5.41, 5.74) is 3.30. The Bertz CT molecular complexity index is 947. The molecule has 1 atom stereocenters. The normalized spacial score (nSPS) is 18.4. The lowest BCUT2D eigenvalue weighted by atomic mass is 10.0. The van der Waals surface area contributed by atoms with Gasteiger partial charge in [-0.25, -0.2) is 9.97 Å². The van der Waals surface area contributed by atoms with Crippen LogP contribution in [0.15, 0.2) is 30.3 Å². The molecule has 7 heteroatoms. The van der Waals surface area contributed by atoms with E-state index in [4.69, 9.17) is 14.7 Å². The number of methoxy groups -OCH3 is 1. The molecule has 2 aromatic rings. The maximum atomic E-state index is 12.8. The Hall–Kier alpha value is -2.80. The van der Waals surface area contributed by atoms with Gasteiger partial charge in [-0.2, -0.15) is 0 Å². The third-order valence-electron chi connectivity index (χ3n) is 6.22. The number of carbonyl (C=O) groups is 2. The van der Waals surface area contributed by atoms with Crippen LogP contribution in [0.1, 0.15) is 47.8 Å². The Morgan fingerprint density at radius 3 is 2.77 bits per heavy atom. The number of ether oxygens (including phenoxy) is 1. The minimum Gasteiger partial charge on any atom is -0.375 e. The monoisotopic (exact) mass is 422 g/mol. The quantitative estimate of drug-likeness (QED) is 0.686. The van der Waals surface area contributed by atoms with Crippen LogP contribution in [0.3, 0.4) is 0 Å². The van der Waals surface area contributed by atoms with E-state index in [0.29, 0.717) is 32.5 Å². The molecule has 7 nitrogen and oxygen atoms in total. The van der Waals surface area contributed by atoms with E-state index in [1.165, 1.54) is 12.7 Å². The number of hydrogen-bond donors (Lipinski definition) is 0. The van der Waals surface area contributed by atoms with E-state index in [1.54, 1.807) is 0 Å². The van der Waals surface area contributed by atoms with Crippen molar-refractivity contribution in [2.24, 2.45) is 0 Å². The Kier molecular flexibility index (Phi) is 6.61. The Balaban J connectivity index is 1.51. The van der Waals surface area contributed by atoms with Crippen LogP contribution < -0.4 is 4.90 Å². The van der Waals surface area contributed by atoms with Crippen LogP contribution in [-0.4, -0.2) is 60.0 Å². The topological polar surface area (TPSA) is 75.6 Å². The first-order valence-electron chi connectivity index (χ1n) is 11.0. The number of likely N-dealkylation sites (tertiary alicyclic amines) is 1. The molecule has 0 unspecified atom stereocenters. The molecule has 0 N–H and O–H groups in total. The second-order valence-electron chi connectivity index (χ2n) is 8.36. The van der Waals surface area contributed by atoms with Crippen LogP contribution in [-0.2, 0) is 27.2 Å². The molecule has 1 fully saturated rings. The number of aromatic nitrogens is 2. The summed E-state index contributed by atoms with van der Waals surface area (Å²) in [4.78, 5) is 38.2. The van der Waals surface area contributed by atoms with Gasteiger partial charge < -0.3 is 9.64 Å². The van der Waals surface area contributed by atoms with Gasteiger partial charge >= 0.3 is 0 Å². The minimum atomic E-state index is -0.00241. The smallest absolute Gasteiger partial charge is 0.248 e. The van der Waals surface area contributed by atoms with Crippen molar-refractivity contribution in [3.63, 3.8) is 0 Å². The molecule has 3 heterocycles. The van der Waals surface area contributed by atoms with Gasteiger partial charge in [0.25, 0.3) is 0 Å². The van der Waals surface area contributed by atoms with Gasteiger partial charge in [0.15, 0.2) is 0 Å². The number of rotatable bonds is 7. The van der Waals surface area contributed by atoms with Crippen molar-refractivity contribution in [1.29, 1.82) is 0 Å². The molecule has 0 radical (unpaired) electrons. The number of aryl methyl sites for hydroxylation is 2. The first-order chi connectivity index (χ1) is 15.1. The van der Waals surface area contributed by atoms with E-state index in [0.717, 1.165) is 42.2 Å². The van der Waals surface area contributed by atoms with Crippen molar-refractivity contribution in [2.45, 2.75) is 44.9 Å². The zero-order valence-corrected chi connectivity index (χ0v) is 18.3. The van der Waals surface area contributed by atoms with Gasteiger partial charge in [0, 0.05) is 50.3 Å². The van der Waals surface area contributed by atoms with Gasteiger partial charge in [0.1, 0.15) is 18.2 Å². The highest BCUT2D eigenvalue weighted by atomic mass is 16.5. The number of nitrogens with zero attached hydrogens (tertiary/aromatic N) is 4. The van der Waals surface area contributed by atoms with Crippen LogP contribution in [0.4, 0.5) is 5.82 Å². The molecule has 0 spiro atoms. The third kappa shape index (κ3) is 4.77. The maximum absolute atomic E-state index is 12.8. The molecule has 1 aromatic heterocycles. The lowest BCUT2D eigenvalue weighted by Crippen LogP contribution is -2.38. The largest absolute Gasteiger partial charge is 0.375 e. The highest BCUT2D eigenvalue weighted by molar-refractivity contribution is 5.95. The molecule has 0 aliphatic carbocycles. The number of amides is 2. The number of benzene rings is 1. The van der Waals surface area contributed by atoms with Crippen LogP contribution in [0.2, 0.25) is 0 Å². The van der Waals surface area contributed by atoms with Gasteiger partial charge in [-0.3, -0.25) is 14.5 Å². The Labute approximate surface area is 183 Å². The first kappa shape index (κ1) is 21.4. The SMILES string of the molecule is COCC(=O)N1CC[C@@H](c2nc(C)c3c(n2)N(CCCc2ccccc2)C(=O)CC3)C1. The van der Waals surface area contributed by atoms with Gasteiger partial charge in [-0.1, -0.05) is 30.3 Å². The van der Waals surface area contributed by atoms with Gasteiger partial charge in [-0.05, 0) is 38.2 Å². The number of fused-ring (bicyclic) bond motifs is 1. The summed E-state index contributed by atoms with van der Waals surface area (Å²) in [6, 6.07) is 10.3. The van der Waals surface area contributed by atoms with E-state index in [-0.39, 0.29) is 24.3 Å². The van der Waals surface area contributed by atoms with Crippen molar-refractivity contribution >= 4 is 17.6 Å². The number of hydrogen-bond acceptors (Lipinski definition) is 5. The fraction of sp³-hybridized carbons (Fsp3) is 0.500. The predicted molar refractivity (Wildman–Crippen MR) is 118 cm³/mol. The zero-order chi connectivity index (χ0) is 21.8. The standard InChI is InChI=1S/C24H30N4O3/c1-17-20-10-11-21(29)28(13-6-9-18-7-4-3-5-8-18)24(20)26-23(25-17)19-12-14-27(15-19)22(30)16-31-2/h3-5,7-8,19H,6,9-16H2,1-2H3/t19-/m1/s1. The molecular weight excluding hydrogens is 392 g/mol. The first-order valence-corrected chi connectivity index (χ1v) is 11.0. The molecule has 1 saturated heterocycles. The average molecular weight is 423 g/mol. The van der Waals surface area contributed by atoms with E-state index >= 15 is 0 Å². The van der Waals surface area contributed by atoms with Crippen LogP contribution >= 0.6 is 0 Å².